The monoisotopic (exact) mass is 502 g/mol. The first-order chi connectivity index (χ1) is 19.1. The first-order valence-corrected chi connectivity index (χ1v) is 13.9. The zero-order valence-electron chi connectivity index (χ0n) is 22.3. The van der Waals surface area contributed by atoms with E-state index in [9.17, 15) is 0 Å². The average molecular weight is 503 g/mol. The van der Waals surface area contributed by atoms with Gasteiger partial charge in [0.25, 0.3) is 0 Å². The average Bonchev–Trinajstić information content (AvgIpc) is 3.36. The third-order valence-corrected chi connectivity index (χ3v) is 8.90. The lowest BCUT2D eigenvalue weighted by Crippen LogP contribution is -2.30. The SMILES string of the molecule is CC1(C)c2ccccc2N(c2ccccc2)c2cc(C3=Cc4[nH]c5ccc6ccccc6c5c4CC3)ccc21. The van der Waals surface area contributed by atoms with Crippen LogP contribution in [0.4, 0.5) is 17.1 Å². The molecule has 0 bridgehead atoms. The van der Waals surface area contributed by atoms with E-state index >= 15 is 0 Å². The molecule has 1 N–H and O–H groups in total. The van der Waals surface area contributed by atoms with Crippen molar-refractivity contribution < 1.29 is 0 Å². The van der Waals surface area contributed by atoms with Crippen LogP contribution in [0.2, 0.25) is 0 Å². The topological polar surface area (TPSA) is 19.0 Å². The number of aromatic nitrogens is 1. The first-order valence-electron chi connectivity index (χ1n) is 13.9. The minimum absolute atomic E-state index is 0.0813. The summed E-state index contributed by atoms with van der Waals surface area (Å²) in [5.41, 5.74) is 13.0. The Labute approximate surface area is 229 Å². The Hall–Kier alpha value is -4.56. The molecule has 2 aliphatic rings. The fourth-order valence-electron chi connectivity index (χ4n) is 6.94. The van der Waals surface area contributed by atoms with Crippen LogP contribution in [0.1, 0.15) is 48.2 Å². The number of benzene rings is 5. The van der Waals surface area contributed by atoms with Gasteiger partial charge in [-0.25, -0.2) is 0 Å². The van der Waals surface area contributed by atoms with E-state index in [1.54, 1.807) is 0 Å². The number of fused-ring (bicyclic) bond motifs is 7. The smallest absolute Gasteiger partial charge is 0.0508 e. The van der Waals surface area contributed by atoms with Crippen molar-refractivity contribution in [2.45, 2.75) is 32.1 Å². The van der Waals surface area contributed by atoms with Crippen LogP contribution < -0.4 is 4.90 Å². The van der Waals surface area contributed by atoms with Crippen LogP contribution in [0.5, 0.6) is 0 Å². The van der Waals surface area contributed by atoms with Crippen LogP contribution in [0.3, 0.4) is 0 Å². The highest BCUT2D eigenvalue weighted by Crippen LogP contribution is 2.52. The van der Waals surface area contributed by atoms with Crippen LogP contribution in [0.15, 0.2) is 109 Å². The van der Waals surface area contributed by atoms with Crippen LogP contribution in [-0.4, -0.2) is 4.98 Å². The van der Waals surface area contributed by atoms with Gasteiger partial charge in [0.1, 0.15) is 0 Å². The second-order valence-corrected chi connectivity index (χ2v) is 11.4. The Morgan fingerprint density at radius 1 is 0.692 bits per heavy atom. The predicted octanol–water partition coefficient (Wildman–Crippen LogP) is 9.92. The zero-order chi connectivity index (χ0) is 26.1. The van der Waals surface area contributed by atoms with Crippen molar-refractivity contribution in [3.8, 4) is 0 Å². The molecule has 1 aliphatic carbocycles. The molecule has 8 rings (SSSR count). The molecule has 2 heterocycles. The lowest BCUT2D eigenvalue weighted by atomic mass is 9.73. The summed E-state index contributed by atoms with van der Waals surface area (Å²) in [7, 11) is 0. The molecule has 0 saturated carbocycles. The summed E-state index contributed by atoms with van der Waals surface area (Å²) in [6.45, 7) is 4.71. The first kappa shape index (κ1) is 22.4. The fraction of sp³-hybridized carbons (Fsp3) is 0.135. The molecule has 0 saturated heterocycles. The molecule has 0 unspecified atom stereocenters. The zero-order valence-corrected chi connectivity index (χ0v) is 22.3. The molecule has 39 heavy (non-hydrogen) atoms. The van der Waals surface area contributed by atoms with E-state index in [0.717, 1.165) is 12.8 Å². The molecule has 188 valence electrons. The van der Waals surface area contributed by atoms with Gasteiger partial charge in [0.15, 0.2) is 0 Å². The maximum absolute atomic E-state index is 3.74. The second-order valence-electron chi connectivity index (χ2n) is 11.4. The number of hydrogen-bond donors (Lipinski definition) is 1. The summed E-state index contributed by atoms with van der Waals surface area (Å²) in [6, 6.07) is 40.0. The molecule has 1 aliphatic heterocycles. The summed E-state index contributed by atoms with van der Waals surface area (Å²) in [5, 5.41) is 4.04. The number of H-pyrrole nitrogens is 1. The normalized spacial score (nSPS) is 15.5. The van der Waals surface area contributed by atoms with E-state index < -0.39 is 0 Å². The third-order valence-electron chi connectivity index (χ3n) is 8.90. The predicted molar refractivity (Wildman–Crippen MR) is 165 cm³/mol. The molecular weight excluding hydrogens is 472 g/mol. The summed E-state index contributed by atoms with van der Waals surface area (Å²) in [6.07, 6.45) is 4.47. The van der Waals surface area contributed by atoms with E-state index in [1.807, 2.05) is 0 Å². The van der Waals surface area contributed by atoms with Gasteiger partial charge in [-0.3, -0.25) is 0 Å². The van der Waals surface area contributed by atoms with Gasteiger partial charge in [-0.05, 0) is 87.8 Å². The van der Waals surface area contributed by atoms with Crippen molar-refractivity contribution >= 4 is 50.4 Å². The molecule has 0 radical (unpaired) electrons. The van der Waals surface area contributed by atoms with Crippen molar-refractivity contribution in [1.29, 1.82) is 0 Å². The number of anilines is 3. The highest BCUT2D eigenvalue weighted by atomic mass is 15.2. The number of aromatic amines is 1. The van der Waals surface area contributed by atoms with Gasteiger partial charge < -0.3 is 9.88 Å². The summed E-state index contributed by atoms with van der Waals surface area (Å²) >= 11 is 0. The van der Waals surface area contributed by atoms with E-state index in [2.05, 4.69) is 139 Å². The van der Waals surface area contributed by atoms with Gasteiger partial charge in [0.2, 0.25) is 0 Å². The molecule has 0 amide bonds. The van der Waals surface area contributed by atoms with Crippen molar-refractivity contribution in [2.24, 2.45) is 0 Å². The van der Waals surface area contributed by atoms with Gasteiger partial charge in [0.05, 0.1) is 11.4 Å². The number of aryl methyl sites for hydroxylation is 1. The number of nitrogens with zero attached hydrogens (tertiary/aromatic N) is 1. The van der Waals surface area contributed by atoms with Crippen molar-refractivity contribution in [1.82, 2.24) is 4.98 Å². The van der Waals surface area contributed by atoms with E-state index in [0.29, 0.717) is 0 Å². The summed E-state index contributed by atoms with van der Waals surface area (Å²) < 4.78 is 0. The Balaban J connectivity index is 1.30. The third kappa shape index (κ3) is 3.28. The maximum atomic E-state index is 3.74. The van der Waals surface area contributed by atoms with Crippen molar-refractivity contribution in [3.63, 3.8) is 0 Å². The molecule has 5 aromatic carbocycles. The lowest BCUT2D eigenvalue weighted by molar-refractivity contribution is 0.632. The lowest BCUT2D eigenvalue weighted by Gasteiger charge is -2.42. The van der Waals surface area contributed by atoms with Gasteiger partial charge in [-0.15, -0.1) is 0 Å². The Bertz CT molecular complexity index is 1940. The van der Waals surface area contributed by atoms with Crippen LogP contribution in [0.25, 0.3) is 33.3 Å². The van der Waals surface area contributed by atoms with Crippen LogP contribution in [0, 0.1) is 0 Å². The van der Waals surface area contributed by atoms with E-state index in [1.165, 1.54) is 72.3 Å². The molecule has 0 atom stereocenters. The quantitative estimate of drug-likeness (QED) is 0.250. The number of nitrogens with one attached hydrogen (secondary N) is 1. The number of allylic oxidation sites excluding steroid dienone is 1. The molecular formula is C37H30N2. The molecule has 2 nitrogen and oxygen atoms in total. The Morgan fingerprint density at radius 2 is 1.46 bits per heavy atom. The number of rotatable bonds is 2. The van der Waals surface area contributed by atoms with Gasteiger partial charge in [0, 0.05) is 27.7 Å². The second kappa shape index (κ2) is 8.22. The molecule has 6 aromatic rings. The standard InChI is InChI=1S/C37H30N2/c1-37(2)30-14-8-9-15-34(30)39(27-11-4-3-5-12-27)35-23-26(17-20-31(35)37)25-16-19-29-33(22-25)38-32-21-18-24-10-6-7-13-28(24)36(29)32/h3-15,17-18,20-23,38H,16,19H2,1-2H3. The van der Waals surface area contributed by atoms with Crippen LogP contribution in [-0.2, 0) is 11.8 Å². The van der Waals surface area contributed by atoms with Gasteiger partial charge >= 0.3 is 0 Å². The number of hydrogen-bond acceptors (Lipinski definition) is 1. The van der Waals surface area contributed by atoms with Gasteiger partial charge in [-0.2, -0.15) is 0 Å². The molecule has 2 heteroatoms. The van der Waals surface area contributed by atoms with Gasteiger partial charge in [-0.1, -0.05) is 92.7 Å². The minimum atomic E-state index is -0.0813. The van der Waals surface area contributed by atoms with Crippen molar-refractivity contribution in [2.75, 3.05) is 4.90 Å². The highest BCUT2D eigenvalue weighted by Gasteiger charge is 2.37. The molecule has 0 spiro atoms. The van der Waals surface area contributed by atoms with E-state index in [-0.39, 0.29) is 5.41 Å². The summed E-state index contributed by atoms with van der Waals surface area (Å²) in [4.78, 5) is 6.19. The summed E-state index contributed by atoms with van der Waals surface area (Å²) in [5.74, 6) is 0. The van der Waals surface area contributed by atoms with Crippen molar-refractivity contribution in [3.05, 3.63) is 137 Å². The molecule has 1 aromatic heterocycles. The number of para-hydroxylation sites is 2. The van der Waals surface area contributed by atoms with Crippen LogP contribution >= 0.6 is 0 Å². The maximum Gasteiger partial charge on any atom is 0.0508 e. The Kier molecular flexibility index (Phi) is 4.73. The molecule has 0 fully saturated rings. The Morgan fingerprint density at radius 3 is 2.36 bits per heavy atom. The largest absolute Gasteiger partial charge is 0.355 e. The minimum Gasteiger partial charge on any atom is -0.355 e. The fourth-order valence-corrected chi connectivity index (χ4v) is 6.94. The van der Waals surface area contributed by atoms with E-state index in [4.69, 9.17) is 0 Å². The highest BCUT2D eigenvalue weighted by molar-refractivity contribution is 6.10.